The minimum absolute atomic E-state index is 0.0668. The Kier molecular flexibility index (Phi) is 3.93. The molecule has 0 aliphatic rings. The molecule has 0 saturated carbocycles. The van der Waals surface area contributed by atoms with Crippen LogP contribution in [0.25, 0.3) is 11.0 Å². The molecular formula is C22H16O4. The zero-order valence-electron chi connectivity index (χ0n) is 13.8. The van der Waals surface area contributed by atoms with Crippen molar-refractivity contribution in [1.29, 1.82) is 0 Å². The molecule has 0 amide bonds. The SMILES string of the molecule is O=c1ccoc2c(C(c3ccccc3)c3ccccc3)c(O)cc(O)c12. The van der Waals surface area contributed by atoms with Crippen molar-refractivity contribution in [1.82, 2.24) is 0 Å². The van der Waals surface area contributed by atoms with Gasteiger partial charge in [0.1, 0.15) is 22.5 Å². The van der Waals surface area contributed by atoms with E-state index in [-0.39, 0.29) is 33.8 Å². The van der Waals surface area contributed by atoms with Crippen LogP contribution in [-0.2, 0) is 0 Å². The summed E-state index contributed by atoms with van der Waals surface area (Å²) in [6.07, 6.45) is 1.28. The second-order valence-corrected chi connectivity index (χ2v) is 6.07. The summed E-state index contributed by atoms with van der Waals surface area (Å²) >= 11 is 0. The van der Waals surface area contributed by atoms with Crippen molar-refractivity contribution in [2.24, 2.45) is 0 Å². The predicted molar refractivity (Wildman–Crippen MR) is 99.6 cm³/mol. The van der Waals surface area contributed by atoms with Crippen LogP contribution in [0.4, 0.5) is 0 Å². The van der Waals surface area contributed by atoms with Gasteiger partial charge >= 0.3 is 0 Å². The van der Waals surface area contributed by atoms with Gasteiger partial charge in [-0.25, -0.2) is 0 Å². The number of phenolic OH excluding ortho intramolecular Hbond substituents is 2. The van der Waals surface area contributed by atoms with E-state index in [0.717, 1.165) is 11.1 Å². The van der Waals surface area contributed by atoms with Crippen molar-refractivity contribution in [3.63, 3.8) is 0 Å². The van der Waals surface area contributed by atoms with Gasteiger partial charge in [-0.05, 0) is 11.1 Å². The minimum atomic E-state index is -0.357. The maximum absolute atomic E-state index is 12.3. The van der Waals surface area contributed by atoms with Crippen LogP contribution in [0, 0.1) is 0 Å². The van der Waals surface area contributed by atoms with Crippen molar-refractivity contribution in [3.05, 3.63) is 106 Å². The molecule has 3 aromatic carbocycles. The van der Waals surface area contributed by atoms with Crippen LogP contribution < -0.4 is 5.43 Å². The first-order chi connectivity index (χ1) is 12.7. The number of hydrogen-bond acceptors (Lipinski definition) is 4. The van der Waals surface area contributed by atoms with Crippen molar-refractivity contribution in [2.45, 2.75) is 5.92 Å². The summed E-state index contributed by atoms with van der Waals surface area (Å²) in [4.78, 5) is 12.3. The lowest BCUT2D eigenvalue weighted by atomic mass is 9.83. The van der Waals surface area contributed by atoms with Gasteiger partial charge in [0.25, 0.3) is 0 Å². The average Bonchev–Trinajstić information content (AvgIpc) is 2.66. The largest absolute Gasteiger partial charge is 0.507 e. The summed E-state index contributed by atoms with van der Waals surface area (Å²) in [6, 6.07) is 21.8. The van der Waals surface area contributed by atoms with Crippen LogP contribution in [0.5, 0.6) is 11.5 Å². The first kappa shape index (κ1) is 16.0. The molecule has 0 aliphatic carbocycles. The molecule has 1 heterocycles. The Balaban J connectivity index is 2.10. The smallest absolute Gasteiger partial charge is 0.196 e. The third-order valence-corrected chi connectivity index (χ3v) is 4.48. The highest BCUT2D eigenvalue weighted by molar-refractivity contribution is 5.89. The Labute approximate surface area is 149 Å². The highest BCUT2D eigenvalue weighted by atomic mass is 16.3. The fraction of sp³-hybridized carbons (Fsp3) is 0.0455. The van der Waals surface area contributed by atoms with Crippen molar-refractivity contribution < 1.29 is 14.6 Å². The van der Waals surface area contributed by atoms with Crippen LogP contribution in [0.3, 0.4) is 0 Å². The van der Waals surface area contributed by atoms with Crippen LogP contribution in [-0.4, -0.2) is 10.2 Å². The van der Waals surface area contributed by atoms with Gasteiger partial charge in [-0.3, -0.25) is 4.79 Å². The summed E-state index contributed by atoms with van der Waals surface area (Å²) in [5.74, 6) is -0.774. The molecular weight excluding hydrogens is 328 g/mol. The van der Waals surface area contributed by atoms with Crippen molar-refractivity contribution in [2.75, 3.05) is 0 Å². The van der Waals surface area contributed by atoms with Gasteiger partial charge in [0, 0.05) is 23.6 Å². The zero-order valence-corrected chi connectivity index (χ0v) is 13.8. The van der Waals surface area contributed by atoms with E-state index in [2.05, 4.69) is 0 Å². The lowest BCUT2D eigenvalue weighted by Crippen LogP contribution is -2.07. The molecule has 26 heavy (non-hydrogen) atoms. The topological polar surface area (TPSA) is 70.7 Å². The molecule has 4 rings (SSSR count). The monoisotopic (exact) mass is 344 g/mol. The normalized spacial score (nSPS) is 11.1. The lowest BCUT2D eigenvalue weighted by Gasteiger charge is -2.21. The molecule has 0 atom stereocenters. The average molecular weight is 344 g/mol. The fourth-order valence-electron chi connectivity index (χ4n) is 3.35. The Morgan fingerprint density at radius 3 is 1.92 bits per heavy atom. The lowest BCUT2D eigenvalue weighted by molar-refractivity contribution is 0.446. The van der Waals surface area contributed by atoms with E-state index in [1.165, 1.54) is 18.4 Å². The van der Waals surface area contributed by atoms with E-state index in [4.69, 9.17) is 4.42 Å². The third kappa shape index (κ3) is 2.62. The third-order valence-electron chi connectivity index (χ3n) is 4.48. The number of rotatable bonds is 3. The molecule has 0 unspecified atom stereocenters. The molecule has 4 heteroatoms. The first-order valence-corrected chi connectivity index (χ1v) is 8.23. The maximum Gasteiger partial charge on any atom is 0.196 e. The summed E-state index contributed by atoms with van der Waals surface area (Å²) < 4.78 is 5.59. The highest BCUT2D eigenvalue weighted by Gasteiger charge is 2.26. The molecule has 1 aromatic heterocycles. The van der Waals surface area contributed by atoms with E-state index >= 15 is 0 Å². The second kappa shape index (κ2) is 6.41. The van der Waals surface area contributed by atoms with Crippen LogP contribution >= 0.6 is 0 Å². The molecule has 128 valence electrons. The van der Waals surface area contributed by atoms with E-state index in [1.807, 2.05) is 60.7 Å². The maximum atomic E-state index is 12.3. The Hall–Kier alpha value is -3.53. The molecule has 0 aliphatic heterocycles. The Bertz CT molecular complexity index is 1080. The van der Waals surface area contributed by atoms with E-state index in [0.29, 0.717) is 5.56 Å². The van der Waals surface area contributed by atoms with E-state index in [9.17, 15) is 15.0 Å². The number of phenols is 2. The fourth-order valence-corrected chi connectivity index (χ4v) is 3.35. The first-order valence-electron chi connectivity index (χ1n) is 8.23. The Morgan fingerprint density at radius 1 is 0.769 bits per heavy atom. The van der Waals surface area contributed by atoms with Gasteiger partial charge in [-0.15, -0.1) is 0 Å². The van der Waals surface area contributed by atoms with E-state index < -0.39 is 0 Å². The summed E-state index contributed by atoms with van der Waals surface area (Å²) in [5.41, 5.74) is 2.16. The van der Waals surface area contributed by atoms with Gasteiger partial charge in [0.15, 0.2) is 5.43 Å². The second-order valence-electron chi connectivity index (χ2n) is 6.07. The molecule has 0 radical (unpaired) electrons. The van der Waals surface area contributed by atoms with Crippen molar-refractivity contribution >= 4 is 11.0 Å². The van der Waals surface area contributed by atoms with Gasteiger partial charge in [0.2, 0.25) is 0 Å². The van der Waals surface area contributed by atoms with E-state index in [1.54, 1.807) is 0 Å². The van der Waals surface area contributed by atoms with Crippen LogP contribution in [0.1, 0.15) is 22.6 Å². The standard InChI is InChI=1S/C22H16O4/c23-16-11-12-26-22-20(16)17(24)13-18(25)21(22)19(14-7-3-1-4-8-14)15-9-5-2-6-10-15/h1-13,19,24-25H. The number of benzene rings is 3. The van der Waals surface area contributed by atoms with Crippen LogP contribution in [0.15, 0.2) is 88.3 Å². The number of hydrogen-bond donors (Lipinski definition) is 2. The van der Waals surface area contributed by atoms with Gasteiger partial charge in [-0.2, -0.15) is 0 Å². The number of aromatic hydroxyl groups is 2. The highest BCUT2D eigenvalue weighted by Crippen LogP contribution is 2.43. The molecule has 4 aromatic rings. The van der Waals surface area contributed by atoms with Gasteiger partial charge < -0.3 is 14.6 Å². The summed E-state index contributed by atoms with van der Waals surface area (Å²) in [6.45, 7) is 0. The number of fused-ring (bicyclic) bond motifs is 1. The minimum Gasteiger partial charge on any atom is -0.507 e. The molecule has 0 spiro atoms. The predicted octanol–water partition coefficient (Wildman–Crippen LogP) is 4.38. The quantitative estimate of drug-likeness (QED) is 0.541. The molecule has 0 saturated heterocycles. The summed E-state index contributed by atoms with van der Waals surface area (Å²) in [7, 11) is 0. The molecule has 0 fully saturated rings. The zero-order chi connectivity index (χ0) is 18.1. The molecule has 4 nitrogen and oxygen atoms in total. The molecule has 0 bridgehead atoms. The van der Waals surface area contributed by atoms with Crippen LogP contribution in [0.2, 0.25) is 0 Å². The van der Waals surface area contributed by atoms with Crippen molar-refractivity contribution in [3.8, 4) is 11.5 Å². The van der Waals surface area contributed by atoms with Gasteiger partial charge in [0.05, 0.1) is 6.26 Å². The summed E-state index contributed by atoms with van der Waals surface area (Å²) in [5, 5.41) is 20.9. The Morgan fingerprint density at radius 2 is 1.35 bits per heavy atom. The van der Waals surface area contributed by atoms with Gasteiger partial charge in [-0.1, -0.05) is 60.7 Å². The molecule has 2 N–H and O–H groups in total.